The maximum Gasteiger partial charge on any atom is 0.275 e. The lowest BCUT2D eigenvalue weighted by atomic mass is 10.1. The number of anilines is 1. The number of amides is 1. The van der Waals surface area contributed by atoms with E-state index in [9.17, 15) is 9.18 Å². The molecule has 7 nitrogen and oxygen atoms in total. The van der Waals surface area contributed by atoms with Gasteiger partial charge in [-0.3, -0.25) is 4.79 Å². The molecule has 126 valence electrons. The largest absolute Gasteiger partial charge is 0.339 e. The smallest absolute Gasteiger partial charge is 0.275 e. The van der Waals surface area contributed by atoms with Crippen molar-refractivity contribution in [2.75, 3.05) is 5.32 Å². The van der Waals surface area contributed by atoms with Gasteiger partial charge in [-0.25, -0.2) is 14.4 Å². The van der Waals surface area contributed by atoms with Crippen LogP contribution in [0.5, 0.6) is 0 Å². The summed E-state index contributed by atoms with van der Waals surface area (Å²) in [4.78, 5) is 24.8. The topological polar surface area (TPSA) is 93.8 Å². The van der Waals surface area contributed by atoms with Gasteiger partial charge in [0.05, 0.1) is 6.20 Å². The van der Waals surface area contributed by atoms with Gasteiger partial charge in [0, 0.05) is 17.2 Å². The van der Waals surface area contributed by atoms with Crippen LogP contribution in [-0.4, -0.2) is 26.0 Å². The number of halogens is 1. The van der Waals surface area contributed by atoms with Gasteiger partial charge >= 0.3 is 0 Å². The maximum atomic E-state index is 12.9. The van der Waals surface area contributed by atoms with E-state index in [-0.39, 0.29) is 11.5 Å². The van der Waals surface area contributed by atoms with Gasteiger partial charge in [-0.2, -0.15) is 4.98 Å². The zero-order valence-corrected chi connectivity index (χ0v) is 13.4. The molecule has 0 saturated heterocycles. The summed E-state index contributed by atoms with van der Waals surface area (Å²) < 4.78 is 18.2. The minimum atomic E-state index is -0.475. The number of hydrogen-bond donors (Lipinski definition) is 1. The third-order valence-corrected chi connectivity index (χ3v) is 3.78. The van der Waals surface area contributed by atoms with Crippen LogP contribution in [0.25, 0.3) is 11.4 Å². The van der Waals surface area contributed by atoms with Crippen molar-refractivity contribution in [3.63, 3.8) is 0 Å². The summed E-state index contributed by atoms with van der Waals surface area (Å²) in [5, 5.41) is 6.56. The molecule has 0 atom stereocenters. The van der Waals surface area contributed by atoms with Crippen molar-refractivity contribution in [3.8, 4) is 11.4 Å². The number of aromatic nitrogens is 4. The van der Waals surface area contributed by atoms with Crippen molar-refractivity contribution in [1.29, 1.82) is 0 Å². The van der Waals surface area contributed by atoms with Crippen molar-refractivity contribution >= 4 is 11.7 Å². The molecule has 4 rings (SSSR count). The van der Waals surface area contributed by atoms with Crippen molar-refractivity contribution in [1.82, 2.24) is 20.1 Å². The minimum absolute atomic E-state index is 0.193. The fourth-order valence-electron chi connectivity index (χ4n) is 2.39. The van der Waals surface area contributed by atoms with Gasteiger partial charge in [-0.05, 0) is 44.0 Å². The molecule has 0 aromatic carbocycles. The summed E-state index contributed by atoms with van der Waals surface area (Å²) >= 11 is 0. The summed E-state index contributed by atoms with van der Waals surface area (Å²) in [5.41, 5.74) is 1.49. The summed E-state index contributed by atoms with van der Waals surface area (Å²) in [6, 6.07) is 5.98. The molecule has 3 aromatic rings. The minimum Gasteiger partial charge on any atom is -0.339 e. The Morgan fingerprint density at radius 3 is 2.84 bits per heavy atom. The number of pyridine rings is 2. The molecule has 1 aliphatic rings. The highest BCUT2D eigenvalue weighted by molar-refractivity contribution is 6.02. The lowest BCUT2D eigenvalue weighted by Gasteiger charge is -2.06. The molecule has 1 amide bonds. The van der Waals surface area contributed by atoms with E-state index < -0.39 is 11.7 Å². The maximum absolute atomic E-state index is 12.9. The Balaban J connectivity index is 1.59. The molecule has 25 heavy (non-hydrogen) atoms. The average Bonchev–Trinajstić information content (AvgIpc) is 3.33. The summed E-state index contributed by atoms with van der Waals surface area (Å²) in [5.74, 6) is 0.739. The molecule has 0 bridgehead atoms. The van der Waals surface area contributed by atoms with Crippen LogP contribution >= 0.6 is 0 Å². The predicted octanol–water partition coefficient (Wildman–Crippen LogP) is 3.10. The van der Waals surface area contributed by atoms with E-state index in [0.29, 0.717) is 28.9 Å². The van der Waals surface area contributed by atoms with Gasteiger partial charge in [-0.15, -0.1) is 0 Å². The molecule has 0 aliphatic heterocycles. The molecule has 0 unspecified atom stereocenters. The number of nitrogens with one attached hydrogen (secondary N) is 1. The lowest BCUT2D eigenvalue weighted by Crippen LogP contribution is -2.15. The van der Waals surface area contributed by atoms with Crippen molar-refractivity contribution in [2.24, 2.45) is 0 Å². The van der Waals surface area contributed by atoms with E-state index >= 15 is 0 Å². The van der Waals surface area contributed by atoms with Crippen molar-refractivity contribution in [3.05, 3.63) is 53.6 Å². The first-order chi connectivity index (χ1) is 12.1. The van der Waals surface area contributed by atoms with Crippen LogP contribution in [0.2, 0.25) is 0 Å². The number of aryl methyl sites for hydroxylation is 1. The van der Waals surface area contributed by atoms with E-state index in [4.69, 9.17) is 4.52 Å². The van der Waals surface area contributed by atoms with E-state index in [2.05, 4.69) is 25.4 Å². The number of carbonyl (C=O) groups excluding carboxylic acids is 1. The van der Waals surface area contributed by atoms with Crippen molar-refractivity contribution < 1.29 is 13.7 Å². The second kappa shape index (κ2) is 6.04. The monoisotopic (exact) mass is 339 g/mol. The zero-order chi connectivity index (χ0) is 17.4. The fraction of sp³-hybridized carbons (Fsp3) is 0.235. The SMILES string of the molecule is Cc1cc(-c2noc(C3CC3)n2)cc(C(=O)Nc2ccc(F)cn2)n1. The Labute approximate surface area is 142 Å². The second-order valence-corrected chi connectivity index (χ2v) is 5.93. The molecule has 1 fully saturated rings. The number of nitrogens with zero attached hydrogens (tertiary/aromatic N) is 4. The van der Waals surface area contributed by atoms with Gasteiger partial charge in [0.25, 0.3) is 5.91 Å². The molecule has 0 spiro atoms. The molecule has 1 N–H and O–H groups in total. The van der Waals surface area contributed by atoms with Gasteiger partial charge < -0.3 is 9.84 Å². The lowest BCUT2D eigenvalue weighted by molar-refractivity contribution is 0.102. The molecule has 1 saturated carbocycles. The Morgan fingerprint density at radius 2 is 2.12 bits per heavy atom. The van der Waals surface area contributed by atoms with Gasteiger partial charge in [-0.1, -0.05) is 5.16 Å². The van der Waals surface area contributed by atoms with Crippen LogP contribution in [0, 0.1) is 12.7 Å². The number of rotatable bonds is 4. The standard InChI is InChI=1S/C17H14FN5O2/c1-9-6-11(15-22-17(25-23-15)10-2-3-10)7-13(20-9)16(24)21-14-5-4-12(18)8-19-14/h4-8,10H,2-3H2,1H3,(H,19,21,24). The van der Waals surface area contributed by atoms with Gasteiger partial charge in [0.15, 0.2) is 0 Å². The van der Waals surface area contributed by atoms with E-state index in [1.165, 1.54) is 12.1 Å². The third kappa shape index (κ3) is 3.37. The summed E-state index contributed by atoms with van der Waals surface area (Å²) in [6.07, 6.45) is 3.16. The summed E-state index contributed by atoms with van der Waals surface area (Å²) in [6.45, 7) is 1.78. The van der Waals surface area contributed by atoms with E-state index in [1.54, 1.807) is 19.1 Å². The quantitative estimate of drug-likeness (QED) is 0.785. The Hall–Kier alpha value is -3.16. The number of hydrogen-bond acceptors (Lipinski definition) is 6. The van der Waals surface area contributed by atoms with Gasteiger partial charge in [0.1, 0.15) is 17.3 Å². The first-order valence-electron chi connectivity index (χ1n) is 7.84. The van der Waals surface area contributed by atoms with E-state index in [0.717, 1.165) is 19.0 Å². The zero-order valence-electron chi connectivity index (χ0n) is 13.4. The van der Waals surface area contributed by atoms with Crippen LogP contribution in [0.1, 0.15) is 40.8 Å². The fourth-order valence-corrected chi connectivity index (χ4v) is 2.39. The van der Waals surface area contributed by atoms with Crippen LogP contribution < -0.4 is 5.32 Å². The van der Waals surface area contributed by atoms with Gasteiger partial charge in [0.2, 0.25) is 11.7 Å². The highest BCUT2D eigenvalue weighted by Gasteiger charge is 2.30. The molecule has 1 aliphatic carbocycles. The van der Waals surface area contributed by atoms with Crippen LogP contribution in [0.3, 0.4) is 0 Å². The normalized spacial score (nSPS) is 13.7. The molecule has 3 aromatic heterocycles. The van der Waals surface area contributed by atoms with Crippen molar-refractivity contribution in [2.45, 2.75) is 25.7 Å². The Kier molecular flexibility index (Phi) is 3.72. The van der Waals surface area contributed by atoms with Crippen LogP contribution in [-0.2, 0) is 0 Å². The molecule has 8 heteroatoms. The van der Waals surface area contributed by atoms with E-state index in [1.807, 2.05) is 0 Å². The first kappa shape index (κ1) is 15.4. The first-order valence-corrected chi connectivity index (χ1v) is 7.84. The molecular weight excluding hydrogens is 325 g/mol. The second-order valence-electron chi connectivity index (χ2n) is 5.93. The third-order valence-electron chi connectivity index (χ3n) is 3.78. The highest BCUT2D eigenvalue weighted by Crippen LogP contribution is 2.39. The Bertz CT molecular complexity index is 934. The molecule has 0 radical (unpaired) electrons. The average molecular weight is 339 g/mol. The highest BCUT2D eigenvalue weighted by atomic mass is 19.1. The molecule has 3 heterocycles. The summed E-state index contributed by atoms with van der Waals surface area (Å²) in [7, 11) is 0. The molecular formula is C17H14FN5O2. The number of carbonyl (C=O) groups is 1. The predicted molar refractivity (Wildman–Crippen MR) is 86.4 cm³/mol. The van der Waals surface area contributed by atoms with Crippen LogP contribution in [0.15, 0.2) is 35.0 Å². The Morgan fingerprint density at radius 1 is 1.28 bits per heavy atom. The van der Waals surface area contributed by atoms with Crippen LogP contribution in [0.4, 0.5) is 10.2 Å².